The van der Waals surface area contributed by atoms with E-state index < -0.39 is 0 Å². The molecule has 0 aliphatic heterocycles. The highest BCUT2D eigenvalue weighted by molar-refractivity contribution is 6.03. The second kappa shape index (κ2) is 6.19. The summed E-state index contributed by atoms with van der Waals surface area (Å²) in [6.07, 6.45) is 4.78. The van der Waals surface area contributed by atoms with E-state index in [0.717, 1.165) is 5.69 Å². The number of carbonyl (C=O) groups is 1. The number of benzene rings is 1. The first-order chi connectivity index (χ1) is 10.8. The Morgan fingerprint density at radius 2 is 2.00 bits per heavy atom. The van der Waals surface area contributed by atoms with E-state index in [1.807, 2.05) is 30.3 Å². The molecule has 110 valence electrons. The van der Waals surface area contributed by atoms with Crippen LogP contribution in [-0.2, 0) is 6.61 Å². The molecule has 2 aromatic heterocycles. The number of rotatable bonds is 4. The predicted molar refractivity (Wildman–Crippen MR) is 81.7 cm³/mol. The fraction of sp³-hybridized carbons (Fsp3) is 0.0625. The average molecular weight is 294 g/mol. The van der Waals surface area contributed by atoms with Gasteiger partial charge in [-0.2, -0.15) is 5.10 Å². The number of aliphatic hydroxyl groups excluding tert-OH is 1. The zero-order chi connectivity index (χ0) is 15.4. The summed E-state index contributed by atoms with van der Waals surface area (Å²) in [6.45, 7) is -0.170. The minimum Gasteiger partial charge on any atom is -0.392 e. The lowest BCUT2D eigenvalue weighted by Gasteiger charge is -2.07. The molecule has 0 unspecified atom stereocenters. The molecule has 0 bridgehead atoms. The summed E-state index contributed by atoms with van der Waals surface area (Å²) in [5.41, 5.74) is 2.24. The fourth-order valence-corrected chi connectivity index (χ4v) is 2.03. The van der Waals surface area contributed by atoms with Crippen molar-refractivity contribution in [3.63, 3.8) is 0 Å². The lowest BCUT2D eigenvalue weighted by Crippen LogP contribution is -2.14. The lowest BCUT2D eigenvalue weighted by atomic mass is 10.2. The molecule has 22 heavy (non-hydrogen) atoms. The lowest BCUT2D eigenvalue weighted by molar-refractivity contribution is 0.102. The van der Waals surface area contributed by atoms with E-state index in [1.165, 1.54) is 6.20 Å². The molecule has 6 heteroatoms. The molecule has 1 amide bonds. The first-order valence-electron chi connectivity index (χ1n) is 6.74. The Hall–Kier alpha value is -2.99. The minimum absolute atomic E-state index is 0.170. The number of nitrogens with zero attached hydrogens (tertiary/aromatic N) is 3. The molecule has 3 aromatic rings. The van der Waals surface area contributed by atoms with Crippen molar-refractivity contribution in [2.24, 2.45) is 0 Å². The molecule has 6 nitrogen and oxygen atoms in total. The van der Waals surface area contributed by atoms with Crippen LogP contribution in [0.2, 0.25) is 0 Å². The molecule has 0 atom stereocenters. The Morgan fingerprint density at radius 3 is 2.77 bits per heavy atom. The van der Waals surface area contributed by atoms with Crippen LogP contribution in [0.15, 0.2) is 61.1 Å². The Kier molecular flexibility index (Phi) is 3.93. The molecule has 0 aliphatic carbocycles. The molecule has 0 fully saturated rings. The molecule has 0 saturated heterocycles. The number of amides is 1. The van der Waals surface area contributed by atoms with Gasteiger partial charge >= 0.3 is 0 Å². The zero-order valence-corrected chi connectivity index (χ0v) is 11.7. The first-order valence-corrected chi connectivity index (χ1v) is 6.74. The van der Waals surface area contributed by atoms with E-state index in [9.17, 15) is 9.90 Å². The van der Waals surface area contributed by atoms with Gasteiger partial charge in [-0.3, -0.25) is 9.78 Å². The van der Waals surface area contributed by atoms with Crippen LogP contribution in [0.4, 0.5) is 5.69 Å². The monoisotopic (exact) mass is 294 g/mol. The van der Waals surface area contributed by atoms with Crippen molar-refractivity contribution in [3.8, 4) is 5.69 Å². The maximum Gasteiger partial charge on any atom is 0.276 e. The topological polar surface area (TPSA) is 80.0 Å². The Morgan fingerprint density at radius 1 is 1.18 bits per heavy atom. The Labute approximate surface area is 127 Å². The maximum atomic E-state index is 12.2. The molecule has 0 spiro atoms. The summed E-state index contributed by atoms with van der Waals surface area (Å²) in [7, 11) is 0. The highest BCUT2D eigenvalue weighted by atomic mass is 16.3. The van der Waals surface area contributed by atoms with Crippen molar-refractivity contribution < 1.29 is 9.90 Å². The quantitative estimate of drug-likeness (QED) is 0.771. The number of pyridine rings is 1. The maximum absolute atomic E-state index is 12.2. The molecule has 3 rings (SSSR count). The molecule has 0 aliphatic rings. The van der Waals surface area contributed by atoms with Gasteiger partial charge in [-0.15, -0.1) is 0 Å². The summed E-state index contributed by atoms with van der Waals surface area (Å²) in [4.78, 5) is 16.2. The van der Waals surface area contributed by atoms with Crippen LogP contribution in [-0.4, -0.2) is 25.8 Å². The summed E-state index contributed by atoms with van der Waals surface area (Å²) < 4.78 is 1.63. The van der Waals surface area contributed by atoms with Gasteiger partial charge in [0.2, 0.25) is 0 Å². The molecule has 0 radical (unpaired) electrons. The largest absolute Gasteiger partial charge is 0.392 e. The molecule has 2 N–H and O–H groups in total. The van der Waals surface area contributed by atoms with Crippen molar-refractivity contribution in [1.82, 2.24) is 14.8 Å². The van der Waals surface area contributed by atoms with Crippen LogP contribution >= 0.6 is 0 Å². The third-order valence-corrected chi connectivity index (χ3v) is 3.17. The standard InChI is InChI=1S/C16H14N4O2/c21-11-12-6-8-17-10-15(12)18-16(22)14-7-9-20(19-14)13-4-2-1-3-5-13/h1-10,21H,11H2,(H,18,22). The summed E-state index contributed by atoms with van der Waals surface area (Å²) in [6, 6.07) is 12.8. The van der Waals surface area contributed by atoms with Crippen molar-refractivity contribution in [3.05, 3.63) is 72.3 Å². The van der Waals surface area contributed by atoms with Gasteiger partial charge in [0.15, 0.2) is 5.69 Å². The number of para-hydroxylation sites is 1. The van der Waals surface area contributed by atoms with Crippen molar-refractivity contribution in [2.75, 3.05) is 5.32 Å². The summed E-state index contributed by atoms with van der Waals surface area (Å²) >= 11 is 0. The molecule has 1 aromatic carbocycles. The van der Waals surface area contributed by atoms with Gasteiger partial charge in [-0.1, -0.05) is 18.2 Å². The van der Waals surface area contributed by atoms with Crippen molar-refractivity contribution >= 4 is 11.6 Å². The Bertz CT molecular complexity index is 784. The SMILES string of the molecule is O=C(Nc1cnccc1CO)c1ccn(-c2ccccc2)n1. The number of aliphatic hydroxyl groups is 1. The third kappa shape index (κ3) is 2.87. The van der Waals surface area contributed by atoms with Crippen molar-refractivity contribution in [2.45, 2.75) is 6.61 Å². The van der Waals surface area contributed by atoms with E-state index in [0.29, 0.717) is 11.3 Å². The van der Waals surface area contributed by atoms with Gasteiger partial charge in [0.1, 0.15) is 0 Å². The summed E-state index contributed by atoms with van der Waals surface area (Å²) in [5.74, 6) is -0.350. The van der Waals surface area contributed by atoms with Crippen LogP contribution in [0.1, 0.15) is 16.1 Å². The highest BCUT2D eigenvalue weighted by Gasteiger charge is 2.12. The highest BCUT2D eigenvalue weighted by Crippen LogP contribution is 2.14. The number of hydrogen-bond acceptors (Lipinski definition) is 4. The minimum atomic E-state index is -0.350. The van der Waals surface area contributed by atoms with Crippen LogP contribution in [0.3, 0.4) is 0 Å². The summed E-state index contributed by atoms with van der Waals surface area (Å²) in [5, 5.41) is 16.2. The van der Waals surface area contributed by atoms with Crippen LogP contribution < -0.4 is 5.32 Å². The molecular formula is C16H14N4O2. The number of hydrogen-bond donors (Lipinski definition) is 2. The third-order valence-electron chi connectivity index (χ3n) is 3.17. The number of aromatic nitrogens is 3. The van der Waals surface area contributed by atoms with Gasteiger partial charge < -0.3 is 10.4 Å². The second-order valence-electron chi connectivity index (χ2n) is 4.63. The average Bonchev–Trinajstić information content (AvgIpc) is 3.06. The fourth-order valence-electron chi connectivity index (χ4n) is 2.03. The molecular weight excluding hydrogens is 280 g/mol. The van der Waals surface area contributed by atoms with Gasteiger partial charge in [0.25, 0.3) is 5.91 Å². The number of carbonyl (C=O) groups excluding carboxylic acids is 1. The van der Waals surface area contributed by atoms with Gasteiger partial charge in [0, 0.05) is 18.0 Å². The van der Waals surface area contributed by atoms with Crippen LogP contribution in [0.25, 0.3) is 5.69 Å². The van der Waals surface area contributed by atoms with Gasteiger partial charge in [-0.25, -0.2) is 4.68 Å². The van der Waals surface area contributed by atoms with Gasteiger partial charge in [-0.05, 0) is 24.3 Å². The van der Waals surface area contributed by atoms with Crippen LogP contribution in [0, 0.1) is 0 Å². The number of nitrogens with one attached hydrogen (secondary N) is 1. The van der Waals surface area contributed by atoms with Gasteiger partial charge in [0.05, 0.1) is 24.2 Å². The van der Waals surface area contributed by atoms with E-state index in [2.05, 4.69) is 15.4 Å². The zero-order valence-electron chi connectivity index (χ0n) is 11.7. The van der Waals surface area contributed by atoms with E-state index in [4.69, 9.17) is 0 Å². The normalized spacial score (nSPS) is 10.4. The van der Waals surface area contributed by atoms with E-state index in [-0.39, 0.29) is 18.2 Å². The predicted octanol–water partition coefficient (Wildman–Crippen LogP) is 2.01. The first kappa shape index (κ1) is 14.0. The molecule has 0 saturated carbocycles. The van der Waals surface area contributed by atoms with Crippen molar-refractivity contribution in [1.29, 1.82) is 0 Å². The van der Waals surface area contributed by atoms with Crippen LogP contribution in [0.5, 0.6) is 0 Å². The number of anilines is 1. The smallest absolute Gasteiger partial charge is 0.276 e. The molecule has 2 heterocycles. The Balaban J connectivity index is 1.80. The van der Waals surface area contributed by atoms with E-state index >= 15 is 0 Å². The second-order valence-corrected chi connectivity index (χ2v) is 4.63. The van der Waals surface area contributed by atoms with E-state index in [1.54, 1.807) is 29.2 Å².